The summed E-state index contributed by atoms with van der Waals surface area (Å²) >= 11 is 7.73. The Bertz CT molecular complexity index is 1050. The molecule has 0 N–H and O–H groups in total. The van der Waals surface area contributed by atoms with E-state index in [1.807, 2.05) is 60.7 Å². The van der Waals surface area contributed by atoms with Gasteiger partial charge in [0.1, 0.15) is 10.8 Å². The zero-order valence-electron chi connectivity index (χ0n) is 13.3. The summed E-state index contributed by atoms with van der Waals surface area (Å²) in [6.45, 7) is 0. The van der Waals surface area contributed by atoms with Gasteiger partial charge in [0, 0.05) is 5.56 Å². The molecule has 5 nitrogen and oxygen atoms in total. The van der Waals surface area contributed by atoms with Crippen LogP contribution in [0.1, 0.15) is 10.6 Å². The van der Waals surface area contributed by atoms with E-state index >= 15 is 0 Å². The molecule has 0 amide bonds. The summed E-state index contributed by atoms with van der Waals surface area (Å²) in [7, 11) is 1.65. The first-order valence-corrected chi connectivity index (χ1v) is 8.73. The van der Waals surface area contributed by atoms with Crippen molar-refractivity contribution in [1.29, 1.82) is 0 Å². The molecule has 0 bridgehead atoms. The Kier molecular flexibility index (Phi) is 4.21. The number of aromatic nitrogens is 4. The van der Waals surface area contributed by atoms with Gasteiger partial charge >= 0.3 is 0 Å². The van der Waals surface area contributed by atoms with Crippen LogP contribution in [-0.4, -0.2) is 26.9 Å². The van der Waals surface area contributed by atoms with E-state index in [-0.39, 0.29) is 0 Å². The highest BCUT2D eigenvalue weighted by molar-refractivity contribution is 7.17. The molecule has 0 unspecified atom stereocenters. The maximum atomic E-state index is 6.26. The summed E-state index contributed by atoms with van der Waals surface area (Å²) in [6.07, 6.45) is 3.96. The van der Waals surface area contributed by atoms with Crippen molar-refractivity contribution >= 4 is 40.1 Å². The molecule has 2 heterocycles. The smallest absolute Gasteiger partial charge is 0.235 e. The van der Waals surface area contributed by atoms with Gasteiger partial charge in [-0.25, -0.2) is 0 Å². The molecule has 4 rings (SSSR count). The van der Waals surface area contributed by atoms with Gasteiger partial charge in [0.25, 0.3) is 0 Å². The second-order valence-corrected chi connectivity index (χ2v) is 6.64. The Morgan fingerprint density at radius 2 is 1.84 bits per heavy atom. The highest BCUT2D eigenvalue weighted by Gasteiger charge is 2.14. The molecule has 25 heavy (non-hydrogen) atoms. The van der Waals surface area contributed by atoms with E-state index in [1.165, 1.54) is 11.3 Å². The normalized spacial score (nSPS) is 11.4. The first kappa shape index (κ1) is 15.8. The lowest BCUT2D eigenvalue weighted by Crippen LogP contribution is -1.91. The fraction of sp³-hybridized carbons (Fsp3) is 0.0556. The van der Waals surface area contributed by atoms with Gasteiger partial charge in [-0.2, -0.15) is 9.61 Å². The Hall–Kier alpha value is -2.70. The molecule has 0 aliphatic rings. The van der Waals surface area contributed by atoms with Crippen LogP contribution in [0, 0.1) is 0 Å². The van der Waals surface area contributed by atoms with E-state index < -0.39 is 0 Å². The highest BCUT2D eigenvalue weighted by atomic mass is 35.5. The maximum Gasteiger partial charge on any atom is 0.235 e. The van der Waals surface area contributed by atoms with Gasteiger partial charge in [0.2, 0.25) is 4.96 Å². The molecule has 0 saturated heterocycles. The topological polar surface area (TPSA) is 52.3 Å². The van der Waals surface area contributed by atoms with Crippen molar-refractivity contribution in [1.82, 2.24) is 19.8 Å². The maximum absolute atomic E-state index is 6.26. The standard InChI is InChI=1S/C18H13ClN4OS/c1-24-13-9-6-12(7-10-13)8-11-16-22-23-17(20-21-18(23)25-16)14-4-2-3-5-15(14)19/h2-11H,1H3/b11-8+. The molecule has 0 aliphatic heterocycles. The van der Waals surface area contributed by atoms with Crippen LogP contribution < -0.4 is 4.74 Å². The molecule has 0 spiro atoms. The molecular weight excluding hydrogens is 356 g/mol. The average Bonchev–Trinajstić information content (AvgIpc) is 3.21. The van der Waals surface area contributed by atoms with Crippen LogP contribution in [0.5, 0.6) is 5.75 Å². The van der Waals surface area contributed by atoms with Crippen LogP contribution in [-0.2, 0) is 0 Å². The number of benzene rings is 2. The van der Waals surface area contributed by atoms with E-state index in [0.717, 1.165) is 26.8 Å². The van der Waals surface area contributed by atoms with Crippen molar-refractivity contribution in [3.63, 3.8) is 0 Å². The first-order chi connectivity index (χ1) is 12.2. The second kappa shape index (κ2) is 6.66. The lowest BCUT2D eigenvalue weighted by atomic mass is 10.2. The van der Waals surface area contributed by atoms with Gasteiger partial charge < -0.3 is 4.74 Å². The lowest BCUT2D eigenvalue weighted by Gasteiger charge is -1.99. The molecule has 0 fully saturated rings. The molecule has 2 aromatic carbocycles. The van der Waals surface area contributed by atoms with E-state index in [2.05, 4.69) is 15.3 Å². The minimum atomic E-state index is 0.625. The summed E-state index contributed by atoms with van der Waals surface area (Å²) in [5.74, 6) is 1.47. The van der Waals surface area contributed by atoms with Crippen LogP contribution in [0.4, 0.5) is 0 Å². The zero-order valence-corrected chi connectivity index (χ0v) is 14.8. The summed E-state index contributed by atoms with van der Waals surface area (Å²) in [6, 6.07) is 15.4. The number of nitrogens with zero attached hydrogens (tertiary/aromatic N) is 4. The lowest BCUT2D eigenvalue weighted by molar-refractivity contribution is 0.415. The number of fused-ring (bicyclic) bond motifs is 1. The third kappa shape index (κ3) is 3.14. The predicted molar refractivity (Wildman–Crippen MR) is 101 cm³/mol. The summed E-state index contributed by atoms with van der Waals surface area (Å²) < 4.78 is 6.88. The molecule has 0 radical (unpaired) electrons. The Morgan fingerprint density at radius 1 is 1.04 bits per heavy atom. The van der Waals surface area contributed by atoms with Gasteiger partial charge in [0.15, 0.2) is 5.82 Å². The molecule has 124 valence electrons. The zero-order chi connectivity index (χ0) is 17.2. The van der Waals surface area contributed by atoms with Crippen LogP contribution in [0.15, 0.2) is 48.5 Å². The van der Waals surface area contributed by atoms with Crippen LogP contribution >= 0.6 is 22.9 Å². The van der Waals surface area contributed by atoms with Crippen LogP contribution in [0.3, 0.4) is 0 Å². The molecule has 4 aromatic rings. The van der Waals surface area contributed by atoms with Crippen molar-refractivity contribution in [2.45, 2.75) is 0 Å². The minimum Gasteiger partial charge on any atom is -0.497 e. The minimum absolute atomic E-state index is 0.625. The van der Waals surface area contributed by atoms with Gasteiger partial charge in [-0.05, 0) is 35.9 Å². The monoisotopic (exact) mass is 368 g/mol. The Morgan fingerprint density at radius 3 is 2.60 bits per heavy atom. The predicted octanol–water partition coefficient (Wildman–Crippen LogP) is 4.69. The largest absolute Gasteiger partial charge is 0.497 e. The molecular formula is C18H13ClN4OS. The first-order valence-electron chi connectivity index (χ1n) is 7.54. The summed E-state index contributed by atoms with van der Waals surface area (Å²) in [4.78, 5) is 0.726. The Labute approximate surface area is 153 Å². The molecule has 7 heteroatoms. The van der Waals surface area contributed by atoms with E-state index in [4.69, 9.17) is 16.3 Å². The molecule has 0 aliphatic carbocycles. The summed E-state index contributed by atoms with van der Waals surface area (Å²) in [5, 5.41) is 14.4. The fourth-order valence-corrected chi connectivity index (χ4v) is 3.35. The Balaban J connectivity index is 1.66. The van der Waals surface area contributed by atoms with Gasteiger partial charge in [-0.3, -0.25) is 0 Å². The van der Waals surface area contributed by atoms with Crippen molar-refractivity contribution in [2.75, 3.05) is 7.11 Å². The van der Waals surface area contributed by atoms with E-state index in [9.17, 15) is 0 Å². The molecule has 2 aromatic heterocycles. The number of methoxy groups -OCH3 is 1. The number of halogens is 1. The number of ether oxygens (including phenoxy) is 1. The van der Waals surface area contributed by atoms with Gasteiger partial charge in [-0.1, -0.05) is 53.3 Å². The third-order valence-electron chi connectivity index (χ3n) is 3.66. The van der Waals surface area contributed by atoms with Crippen molar-refractivity contribution in [3.05, 3.63) is 64.1 Å². The molecule has 0 atom stereocenters. The van der Waals surface area contributed by atoms with Crippen molar-refractivity contribution in [2.24, 2.45) is 0 Å². The highest BCUT2D eigenvalue weighted by Crippen LogP contribution is 2.28. The average molecular weight is 369 g/mol. The quantitative estimate of drug-likeness (QED) is 0.524. The second-order valence-electron chi connectivity index (χ2n) is 5.24. The SMILES string of the molecule is COc1ccc(/C=C/c2nn3c(-c4ccccc4Cl)nnc3s2)cc1. The van der Waals surface area contributed by atoms with Crippen LogP contribution in [0.2, 0.25) is 5.02 Å². The number of hydrogen-bond donors (Lipinski definition) is 0. The van der Waals surface area contributed by atoms with E-state index in [0.29, 0.717) is 10.8 Å². The third-order valence-corrected chi connectivity index (χ3v) is 4.85. The van der Waals surface area contributed by atoms with E-state index in [1.54, 1.807) is 11.6 Å². The van der Waals surface area contributed by atoms with Crippen molar-refractivity contribution in [3.8, 4) is 17.1 Å². The van der Waals surface area contributed by atoms with Crippen LogP contribution in [0.25, 0.3) is 28.5 Å². The summed E-state index contributed by atoms with van der Waals surface area (Å²) in [5.41, 5.74) is 1.88. The number of hydrogen-bond acceptors (Lipinski definition) is 5. The van der Waals surface area contributed by atoms with Gasteiger partial charge in [0.05, 0.1) is 12.1 Å². The van der Waals surface area contributed by atoms with Crippen molar-refractivity contribution < 1.29 is 4.74 Å². The van der Waals surface area contributed by atoms with Gasteiger partial charge in [-0.15, -0.1) is 10.2 Å². The number of rotatable bonds is 4. The fourth-order valence-electron chi connectivity index (χ4n) is 2.39. The molecule has 0 saturated carbocycles.